The van der Waals surface area contributed by atoms with Crippen LogP contribution in [0.15, 0.2) is 24.3 Å². The van der Waals surface area contributed by atoms with Gasteiger partial charge in [-0.05, 0) is 19.3 Å². The van der Waals surface area contributed by atoms with Gasteiger partial charge in [-0.3, -0.25) is 15.0 Å². The van der Waals surface area contributed by atoms with Gasteiger partial charge in [-0.25, -0.2) is 0 Å². The largest absolute Gasteiger partial charge is 0.310 e. The maximum atomic E-state index is 11.0. The van der Waals surface area contributed by atoms with Crippen LogP contribution >= 0.6 is 12.4 Å². The number of nitrogens with zero attached hydrogens (tertiary/aromatic N) is 2. The summed E-state index contributed by atoms with van der Waals surface area (Å²) in [6, 6.07) is 8.29. The van der Waals surface area contributed by atoms with E-state index in [1.807, 2.05) is 12.1 Å². The smallest absolute Gasteiger partial charge is 0.273 e. The maximum absolute atomic E-state index is 11.0. The van der Waals surface area contributed by atoms with Crippen molar-refractivity contribution in [3.63, 3.8) is 0 Å². The van der Waals surface area contributed by atoms with Crippen LogP contribution in [0.2, 0.25) is 0 Å². The molecule has 0 spiro atoms. The van der Waals surface area contributed by atoms with E-state index in [9.17, 15) is 10.1 Å². The van der Waals surface area contributed by atoms with Crippen molar-refractivity contribution in [1.29, 1.82) is 0 Å². The van der Waals surface area contributed by atoms with E-state index in [1.54, 1.807) is 12.1 Å². The predicted molar refractivity (Wildman–Crippen MR) is 80.2 cm³/mol. The first-order valence-electron chi connectivity index (χ1n) is 6.93. The van der Waals surface area contributed by atoms with Crippen LogP contribution < -0.4 is 5.32 Å². The topological polar surface area (TPSA) is 58.4 Å². The van der Waals surface area contributed by atoms with Crippen molar-refractivity contribution in [1.82, 2.24) is 10.2 Å². The second-order valence-corrected chi connectivity index (χ2v) is 5.55. The molecule has 1 aromatic rings. The van der Waals surface area contributed by atoms with Crippen LogP contribution in [0.25, 0.3) is 0 Å². The summed E-state index contributed by atoms with van der Waals surface area (Å²) in [4.78, 5) is 13.1. The zero-order valence-electron chi connectivity index (χ0n) is 11.3. The Morgan fingerprint density at radius 1 is 1.25 bits per heavy atom. The molecule has 0 aromatic heterocycles. The highest BCUT2D eigenvalue weighted by Gasteiger charge is 2.29. The summed E-state index contributed by atoms with van der Waals surface area (Å²) in [6.45, 7) is 2.71. The molecule has 2 atom stereocenters. The third-order valence-corrected chi connectivity index (χ3v) is 4.19. The number of hydrogen-bond donors (Lipinski definition) is 1. The zero-order valence-corrected chi connectivity index (χ0v) is 12.1. The van der Waals surface area contributed by atoms with Gasteiger partial charge in [0.2, 0.25) is 0 Å². The maximum Gasteiger partial charge on any atom is 0.273 e. The Labute approximate surface area is 124 Å². The van der Waals surface area contributed by atoms with Crippen molar-refractivity contribution in [3.8, 4) is 0 Å². The Balaban J connectivity index is 0.00000147. The van der Waals surface area contributed by atoms with E-state index in [0.717, 1.165) is 25.1 Å². The van der Waals surface area contributed by atoms with E-state index in [-0.39, 0.29) is 23.0 Å². The SMILES string of the molecule is Cl.O=[N+]([O-])c1ccccc1CN1CCC2CCC(C1)N2. The van der Waals surface area contributed by atoms with E-state index in [1.165, 1.54) is 12.8 Å². The van der Waals surface area contributed by atoms with Gasteiger partial charge in [0.1, 0.15) is 0 Å². The van der Waals surface area contributed by atoms with Gasteiger partial charge in [0, 0.05) is 43.3 Å². The lowest BCUT2D eigenvalue weighted by molar-refractivity contribution is -0.385. The van der Waals surface area contributed by atoms with Crippen LogP contribution in [0.5, 0.6) is 0 Å². The van der Waals surface area contributed by atoms with Gasteiger partial charge < -0.3 is 5.32 Å². The summed E-state index contributed by atoms with van der Waals surface area (Å²) in [5.41, 5.74) is 1.06. The van der Waals surface area contributed by atoms with Crippen LogP contribution in [-0.4, -0.2) is 35.0 Å². The van der Waals surface area contributed by atoms with E-state index in [2.05, 4.69) is 10.2 Å². The number of para-hydroxylation sites is 1. The molecule has 0 saturated carbocycles. The van der Waals surface area contributed by atoms with Gasteiger partial charge in [0.05, 0.1) is 4.92 Å². The number of benzene rings is 1. The molecule has 0 aliphatic carbocycles. The van der Waals surface area contributed by atoms with Crippen molar-refractivity contribution in [2.75, 3.05) is 13.1 Å². The molecule has 2 aliphatic rings. The molecule has 2 unspecified atom stereocenters. The van der Waals surface area contributed by atoms with Crippen molar-refractivity contribution < 1.29 is 4.92 Å². The number of nitro groups is 1. The van der Waals surface area contributed by atoms with Crippen LogP contribution in [-0.2, 0) is 6.54 Å². The minimum absolute atomic E-state index is 0. The van der Waals surface area contributed by atoms with E-state index in [0.29, 0.717) is 18.6 Å². The third-order valence-electron chi connectivity index (χ3n) is 4.19. The fraction of sp³-hybridized carbons (Fsp3) is 0.571. The summed E-state index contributed by atoms with van der Waals surface area (Å²) in [6.07, 6.45) is 3.67. The molecule has 1 N–H and O–H groups in total. The molecule has 1 aromatic carbocycles. The summed E-state index contributed by atoms with van der Waals surface area (Å²) in [7, 11) is 0. The number of hydrogen-bond acceptors (Lipinski definition) is 4. The fourth-order valence-corrected chi connectivity index (χ4v) is 3.22. The van der Waals surface area contributed by atoms with Gasteiger partial charge in [-0.1, -0.05) is 18.2 Å². The number of fused-ring (bicyclic) bond motifs is 2. The van der Waals surface area contributed by atoms with E-state index in [4.69, 9.17) is 0 Å². The Bertz CT molecular complexity index is 483. The monoisotopic (exact) mass is 297 g/mol. The van der Waals surface area contributed by atoms with Gasteiger partial charge >= 0.3 is 0 Å². The quantitative estimate of drug-likeness (QED) is 0.687. The Morgan fingerprint density at radius 2 is 2.00 bits per heavy atom. The molecule has 5 nitrogen and oxygen atoms in total. The molecule has 2 aliphatic heterocycles. The molecule has 2 bridgehead atoms. The van der Waals surface area contributed by atoms with Crippen molar-refractivity contribution in [3.05, 3.63) is 39.9 Å². The summed E-state index contributed by atoms with van der Waals surface area (Å²) in [5, 5.41) is 14.7. The first-order chi connectivity index (χ1) is 9.22. The minimum atomic E-state index is -0.280. The Morgan fingerprint density at radius 3 is 2.80 bits per heavy atom. The first-order valence-corrected chi connectivity index (χ1v) is 6.93. The van der Waals surface area contributed by atoms with Crippen molar-refractivity contribution in [2.24, 2.45) is 0 Å². The average molecular weight is 298 g/mol. The van der Waals surface area contributed by atoms with Crippen LogP contribution in [0.4, 0.5) is 5.69 Å². The molecule has 20 heavy (non-hydrogen) atoms. The molecule has 110 valence electrons. The van der Waals surface area contributed by atoms with E-state index < -0.39 is 0 Å². The van der Waals surface area contributed by atoms with Crippen LogP contribution in [0.3, 0.4) is 0 Å². The second-order valence-electron chi connectivity index (χ2n) is 5.55. The Kier molecular flexibility index (Phi) is 4.96. The predicted octanol–water partition coefficient (Wildman–Crippen LogP) is 2.34. The number of nitro benzene ring substituents is 1. The highest BCUT2D eigenvalue weighted by Crippen LogP contribution is 2.24. The zero-order chi connectivity index (χ0) is 13.2. The molecule has 0 amide bonds. The Hall–Kier alpha value is -1.17. The number of rotatable bonds is 3. The molecular formula is C14H20ClN3O2. The highest BCUT2D eigenvalue weighted by atomic mass is 35.5. The van der Waals surface area contributed by atoms with Gasteiger partial charge in [-0.15, -0.1) is 12.4 Å². The van der Waals surface area contributed by atoms with Gasteiger partial charge in [0.25, 0.3) is 5.69 Å². The van der Waals surface area contributed by atoms with Crippen molar-refractivity contribution in [2.45, 2.75) is 37.9 Å². The van der Waals surface area contributed by atoms with Gasteiger partial charge in [-0.2, -0.15) is 0 Å². The van der Waals surface area contributed by atoms with Crippen LogP contribution in [0.1, 0.15) is 24.8 Å². The third kappa shape index (κ3) is 3.29. The summed E-state index contributed by atoms with van der Waals surface area (Å²) >= 11 is 0. The molecule has 0 radical (unpaired) electrons. The van der Waals surface area contributed by atoms with E-state index >= 15 is 0 Å². The molecule has 3 rings (SSSR count). The number of nitrogens with one attached hydrogen (secondary N) is 1. The lowest BCUT2D eigenvalue weighted by Crippen LogP contribution is -2.35. The molecule has 2 heterocycles. The lowest BCUT2D eigenvalue weighted by atomic mass is 10.1. The second kappa shape index (κ2) is 6.52. The summed E-state index contributed by atoms with van der Waals surface area (Å²) in [5.74, 6) is 0. The fourth-order valence-electron chi connectivity index (χ4n) is 3.22. The van der Waals surface area contributed by atoms with Crippen molar-refractivity contribution >= 4 is 18.1 Å². The number of halogens is 1. The highest BCUT2D eigenvalue weighted by molar-refractivity contribution is 5.85. The molecule has 6 heteroatoms. The normalized spacial score (nSPS) is 25.8. The molecule has 2 saturated heterocycles. The number of likely N-dealkylation sites (tertiary alicyclic amines) is 1. The van der Waals surface area contributed by atoms with Gasteiger partial charge in [0.15, 0.2) is 0 Å². The minimum Gasteiger partial charge on any atom is -0.310 e. The molecular weight excluding hydrogens is 278 g/mol. The van der Waals surface area contributed by atoms with Crippen LogP contribution in [0, 0.1) is 10.1 Å². The first kappa shape index (κ1) is 15.2. The lowest BCUT2D eigenvalue weighted by Gasteiger charge is -2.23. The summed E-state index contributed by atoms with van der Waals surface area (Å²) < 4.78 is 0. The standard InChI is InChI=1S/C14H19N3O2.ClH/c18-17(19)14-4-2-1-3-11(14)9-16-8-7-12-5-6-13(10-16)15-12;/h1-4,12-13,15H,5-10H2;1H. The molecule has 2 fully saturated rings. The average Bonchev–Trinajstić information content (AvgIpc) is 2.73.